The largest absolute Gasteiger partial charge is 0.335 e. The van der Waals surface area contributed by atoms with E-state index in [0.717, 1.165) is 60.5 Å². The van der Waals surface area contributed by atoms with Crippen LogP contribution in [-0.4, -0.2) is 36.0 Å². The second-order valence-corrected chi connectivity index (χ2v) is 9.71. The van der Waals surface area contributed by atoms with Crippen LogP contribution in [0.1, 0.15) is 45.5 Å². The first-order valence-electron chi connectivity index (χ1n) is 11.9. The molecule has 1 fully saturated rings. The maximum absolute atomic E-state index is 13.5. The van der Waals surface area contributed by atoms with Crippen LogP contribution in [0.4, 0.5) is 0 Å². The molecule has 3 nitrogen and oxygen atoms in total. The maximum atomic E-state index is 13.5. The van der Waals surface area contributed by atoms with Crippen LogP contribution in [0.3, 0.4) is 0 Å². The summed E-state index contributed by atoms with van der Waals surface area (Å²) in [5, 5.41) is 4.52. The molecule has 4 rings (SSSR count). The van der Waals surface area contributed by atoms with Crippen LogP contribution < -0.4 is 5.32 Å². The molecule has 2 unspecified atom stereocenters. The van der Waals surface area contributed by atoms with E-state index in [-0.39, 0.29) is 11.9 Å². The fourth-order valence-electron chi connectivity index (χ4n) is 4.92. The number of hydrogen-bond donors (Lipinski definition) is 1. The van der Waals surface area contributed by atoms with Crippen molar-refractivity contribution < 1.29 is 4.79 Å². The molecular weight excluding hydrogens is 428 g/mol. The van der Waals surface area contributed by atoms with E-state index in [2.05, 4.69) is 66.5 Å². The van der Waals surface area contributed by atoms with Crippen molar-refractivity contribution in [2.45, 2.75) is 51.6 Å². The van der Waals surface area contributed by atoms with Gasteiger partial charge in [-0.15, -0.1) is 0 Å². The van der Waals surface area contributed by atoms with E-state index >= 15 is 0 Å². The summed E-state index contributed by atoms with van der Waals surface area (Å²) in [6.07, 6.45) is 3.80. The van der Waals surface area contributed by atoms with Crippen LogP contribution in [-0.2, 0) is 12.8 Å². The number of carbonyl (C=O) groups is 1. The van der Waals surface area contributed by atoms with Gasteiger partial charge >= 0.3 is 0 Å². The molecule has 1 saturated heterocycles. The quantitative estimate of drug-likeness (QED) is 0.468. The molecule has 3 aromatic carbocycles. The lowest BCUT2D eigenvalue weighted by molar-refractivity contribution is 0.0577. The van der Waals surface area contributed by atoms with Crippen LogP contribution in [0.5, 0.6) is 0 Å². The van der Waals surface area contributed by atoms with E-state index < -0.39 is 0 Å². The van der Waals surface area contributed by atoms with Crippen molar-refractivity contribution in [1.82, 2.24) is 10.2 Å². The number of piperidine rings is 1. The predicted octanol–water partition coefficient (Wildman–Crippen LogP) is 6.01. The molecular formula is C29H33ClN2O. The molecule has 0 saturated carbocycles. The van der Waals surface area contributed by atoms with E-state index in [1.807, 2.05) is 30.3 Å². The van der Waals surface area contributed by atoms with Gasteiger partial charge in [0.2, 0.25) is 0 Å². The van der Waals surface area contributed by atoms with Gasteiger partial charge < -0.3 is 10.2 Å². The fraction of sp³-hybridized carbons (Fsp3) is 0.345. The van der Waals surface area contributed by atoms with Gasteiger partial charge in [0.1, 0.15) is 0 Å². The third-order valence-corrected chi connectivity index (χ3v) is 6.77. The van der Waals surface area contributed by atoms with Crippen molar-refractivity contribution in [3.8, 4) is 0 Å². The molecule has 1 heterocycles. The predicted molar refractivity (Wildman–Crippen MR) is 137 cm³/mol. The SMILES string of the molecule is Cc1cc(C)cc(C(=O)N2CCC(NCCc3ccc(Cl)cc3)CC2Cc2ccccc2)c1. The maximum Gasteiger partial charge on any atom is 0.254 e. The van der Waals surface area contributed by atoms with Crippen LogP contribution in [0.15, 0.2) is 72.8 Å². The summed E-state index contributed by atoms with van der Waals surface area (Å²) in [5.74, 6) is 0.155. The molecule has 0 aromatic heterocycles. The number of likely N-dealkylation sites (tertiary alicyclic amines) is 1. The minimum Gasteiger partial charge on any atom is -0.335 e. The number of carbonyl (C=O) groups excluding carboxylic acids is 1. The van der Waals surface area contributed by atoms with Gasteiger partial charge in [-0.2, -0.15) is 0 Å². The zero-order valence-corrected chi connectivity index (χ0v) is 20.3. The first kappa shape index (κ1) is 23.5. The molecule has 2 atom stereocenters. The van der Waals surface area contributed by atoms with Crippen molar-refractivity contribution in [1.29, 1.82) is 0 Å². The molecule has 1 N–H and O–H groups in total. The molecule has 1 aliphatic heterocycles. The standard InChI is InChI=1S/C29H33ClN2O/c1-21-16-22(2)18-25(17-21)29(33)32-15-13-27(20-28(32)19-24-6-4-3-5-7-24)31-14-12-23-8-10-26(30)11-9-23/h3-11,16-18,27-28,31H,12-15,19-20H2,1-2H3. The number of amides is 1. The van der Waals surface area contributed by atoms with Crippen LogP contribution >= 0.6 is 11.6 Å². The van der Waals surface area contributed by atoms with Crippen LogP contribution in [0, 0.1) is 13.8 Å². The summed E-state index contributed by atoms with van der Waals surface area (Å²) in [6, 6.07) is 25.4. The average Bonchev–Trinajstić information content (AvgIpc) is 2.80. The van der Waals surface area contributed by atoms with Crippen LogP contribution in [0.25, 0.3) is 0 Å². The third kappa shape index (κ3) is 6.46. The fourth-order valence-corrected chi connectivity index (χ4v) is 5.05. The van der Waals surface area contributed by atoms with E-state index in [4.69, 9.17) is 11.6 Å². The Kier molecular flexibility index (Phi) is 7.85. The molecule has 172 valence electrons. The monoisotopic (exact) mass is 460 g/mol. The molecule has 0 spiro atoms. The lowest BCUT2D eigenvalue weighted by Crippen LogP contribution is -2.52. The smallest absolute Gasteiger partial charge is 0.254 e. The highest BCUT2D eigenvalue weighted by molar-refractivity contribution is 6.30. The Hall–Kier alpha value is -2.62. The molecule has 3 aromatic rings. The summed E-state index contributed by atoms with van der Waals surface area (Å²) in [5.41, 5.74) is 5.64. The van der Waals surface area contributed by atoms with Gasteiger partial charge in [-0.25, -0.2) is 0 Å². The number of hydrogen-bond acceptors (Lipinski definition) is 2. The van der Waals surface area contributed by atoms with Gasteiger partial charge in [0.25, 0.3) is 5.91 Å². The topological polar surface area (TPSA) is 32.3 Å². The van der Waals surface area contributed by atoms with Crippen molar-refractivity contribution >= 4 is 17.5 Å². The Balaban J connectivity index is 1.44. The zero-order chi connectivity index (χ0) is 23.2. The Labute approximate surface area is 202 Å². The lowest BCUT2D eigenvalue weighted by Gasteiger charge is -2.40. The van der Waals surface area contributed by atoms with Crippen molar-refractivity contribution in [2.75, 3.05) is 13.1 Å². The Morgan fingerprint density at radius 3 is 2.36 bits per heavy atom. The average molecular weight is 461 g/mol. The van der Waals surface area contributed by atoms with E-state index in [1.165, 1.54) is 11.1 Å². The summed E-state index contributed by atoms with van der Waals surface area (Å²) in [7, 11) is 0. The molecule has 0 radical (unpaired) electrons. The first-order chi connectivity index (χ1) is 16.0. The van der Waals surface area contributed by atoms with Crippen molar-refractivity contribution in [3.63, 3.8) is 0 Å². The van der Waals surface area contributed by atoms with Crippen molar-refractivity contribution in [2.24, 2.45) is 0 Å². The molecule has 1 aliphatic rings. The van der Waals surface area contributed by atoms with Crippen LogP contribution in [0.2, 0.25) is 5.02 Å². The Morgan fingerprint density at radius 2 is 1.67 bits per heavy atom. The molecule has 0 aliphatic carbocycles. The van der Waals surface area contributed by atoms with E-state index in [0.29, 0.717) is 6.04 Å². The van der Waals surface area contributed by atoms with Gasteiger partial charge in [-0.1, -0.05) is 71.3 Å². The lowest BCUT2D eigenvalue weighted by atomic mass is 9.91. The Bertz CT molecular complexity index is 1040. The number of aryl methyl sites for hydroxylation is 2. The normalized spacial score (nSPS) is 18.3. The second-order valence-electron chi connectivity index (χ2n) is 9.27. The Morgan fingerprint density at radius 1 is 0.970 bits per heavy atom. The van der Waals surface area contributed by atoms with Gasteiger partial charge in [0.05, 0.1) is 0 Å². The zero-order valence-electron chi connectivity index (χ0n) is 19.6. The summed E-state index contributed by atoms with van der Waals surface area (Å²) in [6.45, 7) is 5.82. The molecule has 4 heteroatoms. The third-order valence-electron chi connectivity index (χ3n) is 6.52. The van der Waals surface area contributed by atoms with Gasteiger partial charge in [-0.05, 0) is 81.5 Å². The van der Waals surface area contributed by atoms with Gasteiger partial charge in [0, 0.05) is 29.2 Å². The molecule has 33 heavy (non-hydrogen) atoms. The van der Waals surface area contributed by atoms with Gasteiger partial charge in [-0.3, -0.25) is 4.79 Å². The number of halogens is 1. The second kappa shape index (κ2) is 11.0. The molecule has 0 bridgehead atoms. The summed E-state index contributed by atoms with van der Waals surface area (Å²) in [4.78, 5) is 15.6. The highest BCUT2D eigenvalue weighted by Gasteiger charge is 2.32. The number of benzene rings is 3. The first-order valence-corrected chi connectivity index (χ1v) is 12.3. The number of nitrogens with one attached hydrogen (secondary N) is 1. The van der Waals surface area contributed by atoms with E-state index in [1.54, 1.807) is 0 Å². The minimum absolute atomic E-state index is 0.155. The minimum atomic E-state index is 0.155. The summed E-state index contributed by atoms with van der Waals surface area (Å²) >= 11 is 6.00. The molecule has 1 amide bonds. The highest BCUT2D eigenvalue weighted by Crippen LogP contribution is 2.24. The van der Waals surface area contributed by atoms with E-state index in [9.17, 15) is 4.79 Å². The number of rotatable bonds is 7. The summed E-state index contributed by atoms with van der Waals surface area (Å²) < 4.78 is 0. The van der Waals surface area contributed by atoms with Crippen molar-refractivity contribution in [3.05, 3.63) is 106 Å². The highest BCUT2D eigenvalue weighted by atomic mass is 35.5. The van der Waals surface area contributed by atoms with Gasteiger partial charge in [0.15, 0.2) is 0 Å². The number of nitrogens with zero attached hydrogens (tertiary/aromatic N) is 1.